The van der Waals surface area contributed by atoms with Gasteiger partial charge in [-0.05, 0) is 13.5 Å². The summed E-state index contributed by atoms with van der Waals surface area (Å²) >= 11 is 0. The van der Waals surface area contributed by atoms with Crippen LogP contribution in [0, 0.1) is 0 Å². The van der Waals surface area contributed by atoms with E-state index in [2.05, 4.69) is 10.6 Å². The SMILES string of the molecule is CCNCCNCC(C)S(C)(=O)=O. The predicted molar refractivity (Wildman–Crippen MR) is 55.7 cm³/mol. The van der Waals surface area contributed by atoms with Gasteiger partial charge < -0.3 is 10.6 Å². The van der Waals surface area contributed by atoms with Gasteiger partial charge in [-0.1, -0.05) is 6.92 Å². The molecular weight excluding hydrogens is 188 g/mol. The lowest BCUT2D eigenvalue weighted by Gasteiger charge is -2.10. The van der Waals surface area contributed by atoms with Crippen molar-refractivity contribution in [2.24, 2.45) is 0 Å². The monoisotopic (exact) mass is 208 g/mol. The van der Waals surface area contributed by atoms with Crippen molar-refractivity contribution in [1.29, 1.82) is 0 Å². The lowest BCUT2D eigenvalue weighted by Crippen LogP contribution is -2.34. The summed E-state index contributed by atoms with van der Waals surface area (Å²) in [5.74, 6) is 0. The molecule has 0 aliphatic rings. The lowest BCUT2D eigenvalue weighted by atomic mass is 10.4. The lowest BCUT2D eigenvalue weighted by molar-refractivity contribution is 0.571. The quantitative estimate of drug-likeness (QED) is 0.560. The zero-order valence-corrected chi connectivity index (χ0v) is 9.45. The van der Waals surface area contributed by atoms with Gasteiger partial charge in [-0.15, -0.1) is 0 Å². The van der Waals surface area contributed by atoms with E-state index in [0.717, 1.165) is 19.6 Å². The van der Waals surface area contributed by atoms with Gasteiger partial charge in [0.05, 0.1) is 5.25 Å². The van der Waals surface area contributed by atoms with Crippen molar-refractivity contribution in [3.05, 3.63) is 0 Å². The molecule has 0 spiro atoms. The van der Waals surface area contributed by atoms with Crippen molar-refractivity contribution >= 4 is 9.84 Å². The molecule has 0 saturated carbocycles. The number of sulfone groups is 1. The minimum atomic E-state index is -2.88. The van der Waals surface area contributed by atoms with Crippen LogP contribution in [0.25, 0.3) is 0 Å². The molecule has 2 N–H and O–H groups in total. The van der Waals surface area contributed by atoms with E-state index in [-0.39, 0.29) is 5.25 Å². The summed E-state index contributed by atoms with van der Waals surface area (Å²) in [7, 11) is -2.88. The van der Waals surface area contributed by atoms with Gasteiger partial charge in [0, 0.05) is 25.9 Å². The summed E-state index contributed by atoms with van der Waals surface area (Å²) in [4.78, 5) is 0. The highest BCUT2D eigenvalue weighted by molar-refractivity contribution is 7.91. The third-order valence-corrected chi connectivity index (χ3v) is 3.52. The fourth-order valence-electron chi connectivity index (χ4n) is 0.810. The van der Waals surface area contributed by atoms with Crippen LogP contribution in [0.15, 0.2) is 0 Å². The molecule has 0 heterocycles. The van der Waals surface area contributed by atoms with Crippen LogP contribution in [0.3, 0.4) is 0 Å². The maximum atomic E-state index is 11.0. The Labute approximate surface area is 81.0 Å². The average molecular weight is 208 g/mol. The molecule has 0 saturated heterocycles. The van der Waals surface area contributed by atoms with Gasteiger partial charge in [0.1, 0.15) is 0 Å². The van der Waals surface area contributed by atoms with E-state index in [1.54, 1.807) is 6.92 Å². The highest BCUT2D eigenvalue weighted by atomic mass is 32.2. The number of likely N-dealkylation sites (N-methyl/N-ethyl adjacent to an activating group) is 1. The van der Waals surface area contributed by atoms with Crippen molar-refractivity contribution in [1.82, 2.24) is 10.6 Å². The minimum Gasteiger partial charge on any atom is -0.316 e. The van der Waals surface area contributed by atoms with Gasteiger partial charge in [0.25, 0.3) is 0 Å². The van der Waals surface area contributed by atoms with E-state index < -0.39 is 9.84 Å². The van der Waals surface area contributed by atoms with Gasteiger partial charge in [0.2, 0.25) is 0 Å². The minimum absolute atomic E-state index is 0.297. The van der Waals surface area contributed by atoms with Crippen molar-refractivity contribution < 1.29 is 8.42 Å². The molecule has 0 radical (unpaired) electrons. The number of nitrogens with one attached hydrogen (secondary N) is 2. The summed E-state index contributed by atoms with van der Waals surface area (Å²) < 4.78 is 22.0. The Balaban J connectivity index is 3.44. The number of hydrogen-bond donors (Lipinski definition) is 2. The highest BCUT2D eigenvalue weighted by Crippen LogP contribution is 1.94. The predicted octanol–water partition coefficient (Wildman–Crippen LogP) is -0.381. The van der Waals surface area contributed by atoms with Gasteiger partial charge in [-0.3, -0.25) is 0 Å². The molecule has 0 aliphatic heterocycles. The smallest absolute Gasteiger partial charge is 0.151 e. The Kier molecular flexibility index (Phi) is 6.28. The molecule has 0 aromatic rings. The van der Waals surface area contributed by atoms with Crippen molar-refractivity contribution in [3.8, 4) is 0 Å². The maximum Gasteiger partial charge on any atom is 0.151 e. The van der Waals surface area contributed by atoms with Crippen LogP contribution >= 0.6 is 0 Å². The molecule has 0 amide bonds. The maximum absolute atomic E-state index is 11.0. The van der Waals surface area contributed by atoms with E-state index >= 15 is 0 Å². The summed E-state index contributed by atoms with van der Waals surface area (Å²) in [5, 5.41) is 5.94. The van der Waals surface area contributed by atoms with E-state index in [0.29, 0.717) is 6.54 Å². The van der Waals surface area contributed by atoms with E-state index in [1.165, 1.54) is 6.26 Å². The molecule has 1 unspecified atom stereocenters. The second-order valence-electron chi connectivity index (χ2n) is 3.20. The molecule has 0 aromatic heterocycles. The zero-order valence-electron chi connectivity index (χ0n) is 8.63. The van der Waals surface area contributed by atoms with E-state index in [4.69, 9.17) is 0 Å². The van der Waals surface area contributed by atoms with Crippen LogP contribution in [0.4, 0.5) is 0 Å². The third kappa shape index (κ3) is 6.98. The Morgan fingerprint density at radius 2 is 1.77 bits per heavy atom. The average Bonchev–Trinajstić information content (AvgIpc) is 2.02. The summed E-state index contributed by atoms with van der Waals surface area (Å²) in [5.41, 5.74) is 0. The number of rotatable bonds is 7. The van der Waals surface area contributed by atoms with Crippen molar-refractivity contribution in [3.63, 3.8) is 0 Å². The Bertz CT molecular complexity index is 214. The molecular formula is C8H20N2O2S. The fraction of sp³-hybridized carbons (Fsp3) is 1.00. The van der Waals surface area contributed by atoms with Gasteiger partial charge in [0.15, 0.2) is 9.84 Å². The summed E-state index contributed by atoms with van der Waals surface area (Å²) in [6, 6.07) is 0. The first-order valence-electron chi connectivity index (χ1n) is 4.58. The molecule has 0 fully saturated rings. The van der Waals surface area contributed by atoms with Crippen LogP contribution in [0.5, 0.6) is 0 Å². The van der Waals surface area contributed by atoms with Crippen LogP contribution in [0.2, 0.25) is 0 Å². The molecule has 80 valence electrons. The molecule has 0 aromatic carbocycles. The van der Waals surface area contributed by atoms with Gasteiger partial charge in [-0.2, -0.15) is 0 Å². The first-order chi connectivity index (χ1) is 5.98. The van der Waals surface area contributed by atoms with Crippen molar-refractivity contribution in [2.75, 3.05) is 32.4 Å². The van der Waals surface area contributed by atoms with Crippen LogP contribution in [-0.2, 0) is 9.84 Å². The van der Waals surface area contributed by atoms with E-state index in [9.17, 15) is 8.42 Å². The fourth-order valence-corrected chi connectivity index (χ4v) is 1.23. The van der Waals surface area contributed by atoms with Crippen molar-refractivity contribution in [2.45, 2.75) is 19.1 Å². The first-order valence-corrected chi connectivity index (χ1v) is 6.54. The summed E-state index contributed by atoms with van der Waals surface area (Å²) in [6.45, 7) is 6.93. The van der Waals surface area contributed by atoms with Crippen LogP contribution in [0.1, 0.15) is 13.8 Å². The second-order valence-corrected chi connectivity index (χ2v) is 5.66. The molecule has 5 heteroatoms. The van der Waals surface area contributed by atoms with Gasteiger partial charge in [-0.25, -0.2) is 8.42 Å². The Morgan fingerprint density at radius 1 is 1.23 bits per heavy atom. The second kappa shape index (κ2) is 6.34. The van der Waals surface area contributed by atoms with Gasteiger partial charge >= 0.3 is 0 Å². The van der Waals surface area contributed by atoms with Crippen LogP contribution in [-0.4, -0.2) is 46.1 Å². The molecule has 13 heavy (non-hydrogen) atoms. The Morgan fingerprint density at radius 3 is 2.23 bits per heavy atom. The zero-order chi connectivity index (χ0) is 10.3. The number of hydrogen-bond acceptors (Lipinski definition) is 4. The van der Waals surface area contributed by atoms with E-state index in [1.807, 2.05) is 6.92 Å². The van der Waals surface area contributed by atoms with Crippen LogP contribution < -0.4 is 10.6 Å². The summed E-state index contributed by atoms with van der Waals surface area (Å²) in [6.07, 6.45) is 1.27. The molecule has 1 atom stereocenters. The normalized spacial score (nSPS) is 14.4. The third-order valence-electron chi connectivity index (χ3n) is 1.89. The highest BCUT2D eigenvalue weighted by Gasteiger charge is 2.13. The molecule has 0 rings (SSSR count). The largest absolute Gasteiger partial charge is 0.316 e. The molecule has 0 bridgehead atoms. The molecule has 4 nitrogen and oxygen atoms in total. The Hall–Kier alpha value is -0.130. The standard InChI is InChI=1S/C8H20N2O2S/c1-4-9-5-6-10-7-8(2)13(3,11)12/h8-10H,4-7H2,1-3H3. The first kappa shape index (κ1) is 12.9. The topological polar surface area (TPSA) is 58.2 Å². The molecule has 0 aliphatic carbocycles.